The molecule has 5 heteroatoms. The van der Waals surface area contributed by atoms with Crippen molar-refractivity contribution in [2.24, 2.45) is 0 Å². The first-order valence-electron chi connectivity index (χ1n) is 20.2. The lowest BCUT2D eigenvalue weighted by Gasteiger charge is -2.35. The van der Waals surface area contributed by atoms with Gasteiger partial charge in [-0.3, -0.25) is 0 Å². The van der Waals surface area contributed by atoms with Crippen molar-refractivity contribution < 1.29 is 17.7 Å². The Kier molecular flexibility index (Phi) is 14.0. The first-order chi connectivity index (χ1) is 24.9. The van der Waals surface area contributed by atoms with Gasteiger partial charge in [0.25, 0.3) is 0 Å². The zero-order chi connectivity index (χ0) is 39.4. The maximum absolute atomic E-state index is 7.68. The van der Waals surface area contributed by atoms with E-state index in [0.717, 1.165) is 67.5 Å². The van der Waals surface area contributed by atoms with Gasteiger partial charge in [0.05, 0.1) is 0 Å². The summed E-state index contributed by atoms with van der Waals surface area (Å²) in [6.45, 7) is 35.5. The molecule has 0 N–H and O–H groups in total. The molecule has 4 nitrogen and oxygen atoms in total. The monoisotopic (exact) mass is 736 g/mol. The summed E-state index contributed by atoms with van der Waals surface area (Å²) in [6, 6.07) is 26.0. The molecule has 0 aliphatic heterocycles. The van der Waals surface area contributed by atoms with E-state index in [9.17, 15) is 0 Å². The summed E-state index contributed by atoms with van der Waals surface area (Å²) in [7, 11) is -4.38. The van der Waals surface area contributed by atoms with Crippen molar-refractivity contribution in [2.75, 3.05) is 0 Å². The van der Waals surface area contributed by atoms with Crippen molar-refractivity contribution in [3.8, 4) is 23.0 Å². The van der Waals surface area contributed by atoms with E-state index in [-0.39, 0.29) is 47.3 Å². The summed E-state index contributed by atoms with van der Waals surface area (Å²) in [5.74, 6) is 4.66. The maximum atomic E-state index is 7.68. The quantitative estimate of drug-likeness (QED) is 0.107. The number of rotatable bonds is 16. The van der Waals surface area contributed by atoms with E-state index in [1.807, 2.05) is 0 Å². The van der Waals surface area contributed by atoms with Crippen molar-refractivity contribution in [1.82, 2.24) is 0 Å². The molecule has 0 heterocycles. The molecule has 0 radical (unpaired) electrons. The molecule has 4 aromatic rings. The van der Waals surface area contributed by atoms with Gasteiger partial charge in [0.2, 0.25) is 0 Å². The molecular formula is C48H68O4Si. The smallest absolute Gasteiger partial charge is 0.452 e. The van der Waals surface area contributed by atoms with Gasteiger partial charge in [-0.25, -0.2) is 0 Å². The summed E-state index contributed by atoms with van der Waals surface area (Å²) in [5, 5.41) is 0. The second-order valence-corrected chi connectivity index (χ2v) is 19.0. The summed E-state index contributed by atoms with van der Waals surface area (Å²) in [4.78, 5) is 0. The van der Waals surface area contributed by atoms with Gasteiger partial charge >= 0.3 is 9.05 Å². The number of benzene rings is 4. The van der Waals surface area contributed by atoms with E-state index in [0.29, 0.717) is 0 Å². The van der Waals surface area contributed by atoms with Crippen molar-refractivity contribution >= 4 is 9.05 Å². The summed E-state index contributed by atoms with van der Waals surface area (Å²) in [5.41, 5.74) is 8.83. The van der Waals surface area contributed by atoms with Gasteiger partial charge in [-0.05, 0) is 91.9 Å². The van der Waals surface area contributed by atoms with E-state index < -0.39 is 9.05 Å². The molecule has 0 saturated heterocycles. The Bertz CT molecular complexity index is 1440. The van der Waals surface area contributed by atoms with Crippen LogP contribution in [0, 0.1) is 0 Å². The minimum atomic E-state index is -4.38. The van der Waals surface area contributed by atoms with Crippen LogP contribution in [0.3, 0.4) is 0 Å². The third kappa shape index (κ3) is 9.52. The van der Waals surface area contributed by atoms with Gasteiger partial charge in [-0.2, -0.15) is 0 Å². The predicted molar refractivity (Wildman–Crippen MR) is 227 cm³/mol. The third-order valence-corrected chi connectivity index (χ3v) is 12.0. The Morgan fingerprint density at radius 3 is 0.509 bits per heavy atom. The van der Waals surface area contributed by atoms with Gasteiger partial charge in [0, 0.05) is 0 Å². The second kappa shape index (κ2) is 17.6. The Balaban J connectivity index is 2.26. The van der Waals surface area contributed by atoms with Crippen LogP contribution in [0.25, 0.3) is 0 Å². The number of para-hydroxylation sites is 4. The van der Waals surface area contributed by atoms with Gasteiger partial charge < -0.3 is 17.7 Å². The van der Waals surface area contributed by atoms with Crippen LogP contribution in [0.1, 0.15) is 203 Å². The first-order valence-corrected chi connectivity index (χ1v) is 21.8. The zero-order valence-electron chi connectivity index (χ0n) is 35.7. The predicted octanol–water partition coefficient (Wildman–Crippen LogP) is 14.7. The van der Waals surface area contributed by atoms with Crippen LogP contribution in [0.15, 0.2) is 72.8 Å². The van der Waals surface area contributed by atoms with E-state index in [1.165, 1.54) is 0 Å². The lowest BCUT2D eigenvalue weighted by Crippen LogP contribution is -2.61. The molecule has 4 aromatic carbocycles. The van der Waals surface area contributed by atoms with Crippen LogP contribution in [-0.2, 0) is 0 Å². The number of hydrogen-bond acceptors (Lipinski definition) is 4. The van der Waals surface area contributed by atoms with Crippen LogP contribution < -0.4 is 17.7 Å². The molecule has 288 valence electrons. The summed E-state index contributed by atoms with van der Waals surface area (Å²) in [6.07, 6.45) is 0. The molecule has 0 amide bonds. The SMILES string of the molecule is CC(C)c1cccc(C(C)C)c1O[Si](Oc1c(C(C)C)cccc1C(C)C)(Oc1c(C(C)C)cccc1C(C)C)Oc1c(C(C)C)cccc1C(C)C. The minimum absolute atomic E-state index is 0.188. The second-order valence-electron chi connectivity index (χ2n) is 17.2. The van der Waals surface area contributed by atoms with Gasteiger partial charge in [0.1, 0.15) is 23.0 Å². The van der Waals surface area contributed by atoms with Crippen LogP contribution in [-0.4, -0.2) is 9.05 Å². The Hall–Kier alpha value is -3.70. The first kappa shape index (κ1) is 42.0. The van der Waals surface area contributed by atoms with Crippen molar-refractivity contribution in [2.45, 2.75) is 158 Å². The molecule has 0 aliphatic rings. The highest BCUT2D eigenvalue weighted by Crippen LogP contribution is 2.45. The van der Waals surface area contributed by atoms with Gasteiger partial charge in [-0.15, -0.1) is 0 Å². The summed E-state index contributed by atoms with van der Waals surface area (Å²) >= 11 is 0. The molecule has 0 fully saturated rings. The third-order valence-electron chi connectivity index (χ3n) is 10.2. The highest BCUT2D eigenvalue weighted by atomic mass is 28.4. The van der Waals surface area contributed by atoms with E-state index in [2.05, 4.69) is 184 Å². The average Bonchev–Trinajstić information content (AvgIpc) is 3.07. The highest BCUT2D eigenvalue weighted by Gasteiger charge is 2.61. The molecule has 0 spiro atoms. The molecule has 0 aliphatic carbocycles. The Morgan fingerprint density at radius 2 is 0.396 bits per heavy atom. The fourth-order valence-corrected chi connectivity index (χ4v) is 9.22. The lowest BCUT2D eigenvalue weighted by atomic mass is 9.94. The molecule has 0 aromatic heterocycles. The molecule has 53 heavy (non-hydrogen) atoms. The van der Waals surface area contributed by atoms with Crippen LogP contribution in [0.5, 0.6) is 23.0 Å². The normalized spacial score (nSPS) is 12.4. The molecule has 0 bridgehead atoms. The van der Waals surface area contributed by atoms with Gasteiger partial charge in [-0.1, -0.05) is 184 Å². The van der Waals surface area contributed by atoms with Crippen molar-refractivity contribution in [3.05, 3.63) is 117 Å². The Morgan fingerprint density at radius 1 is 0.264 bits per heavy atom. The fraction of sp³-hybridized carbons (Fsp3) is 0.500. The van der Waals surface area contributed by atoms with E-state index >= 15 is 0 Å². The highest BCUT2D eigenvalue weighted by molar-refractivity contribution is 6.57. The van der Waals surface area contributed by atoms with Crippen molar-refractivity contribution in [3.63, 3.8) is 0 Å². The molecule has 0 unspecified atom stereocenters. The molecule has 0 atom stereocenters. The average molecular weight is 737 g/mol. The van der Waals surface area contributed by atoms with Crippen LogP contribution >= 0.6 is 0 Å². The zero-order valence-corrected chi connectivity index (χ0v) is 36.7. The molecule has 0 saturated carbocycles. The van der Waals surface area contributed by atoms with Crippen LogP contribution in [0.4, 0.5) is 0 Å². The standard InChI is InChI=1S/C48H68O4Si/c1-29(2)37-21-17-22-38(30(3)4)45(37)49-53(50-46-39(31(5)6)23-18-24-40(46)32(7)8,51-47-41(33(9)10)25-19-26-42(47)34(11)12)52-48-43(35(13)14)27-20-28-44(48)36(15)16/h17-36H,1-16H3. The number of hydrogen-bond donors (Lipinski definition) is 0. The lowest BCUT2D eigenvalue weighted by molar-refractivity contribution is 0.154. The largest absolute Gasteiger partial charge is 0.966 e. The topological polar surface area (TPSA) is 36.9 Å². The van der Waals surface area contributed by atoms with Crippen molar-refractivity contribution in [1.29, 1.82) is 0 Å². The molecule has 4 rings (SSSR count). The Labute approximate surface area is 324 Å². The van der Waals surface area contributed by atoms with E-state index in [4.69, 9.17) is 17.7 Å². The molecular weight excluding hydrogens is 669 g/mol. The fourth-order valence-electron chi connectivity index (χ4n) is 7.03. The summed E-state index contributed by atoms with van der Waals surface area (Å²) < 4.78 is 30.7. The van der Waals surface area contributed by atoms with Crippen LogP contribution in [0.2, 0.25) is 0 Å². The minimum Gasteiger partial charge on any atom is -0.452 e. The maximum Gasteiger partial charge on any atom is 0.966 e. The van der Waals surface area contributed by atoms with E-state index in [1.54, 1.807) is 0 Å². The van der Waals surface area contributed by atoms with Gasteiger partial charge in [0.15, 0.2) is 0 Å².